The van der Waals surface area contributed by atoms with E-state index in [0.717, 1.165) is 18.9 Å². The number of hydrogen-bond acceptors (Lipinski definition) is 4. The maximum absolute atomic E-state index is 5.98. The van der Waals surface area contributed by atoms with E-state index in [1.807, 2.05) is 6.92 Å². The number of nitrogens with one attached hydrogen (secondary N) is 1. The highest BCUT2D eigenvalue weighted by Crippen LogP contribution is 2.30. The van der Waals surface area contributed by atoms with E-state index in [9.17, 15) is 0 Å². The molecule has 0 unspecified atom stereocenters. The third-order valence-electron chi connectivity index (χ3n) is 3.04. The SMILES string of the molecule is CCNc1ncc(Cl)c(OCCC2CCC2)n1. The molecule has 1 fully saturated rings. The largest absolute Gasteiger partial charge is 0.476 e. The molecule has 1 N–H and O–H groups in total. The summed E-state index contributed by atoms with van der Waals surface area (Å²) >= 11 is 5.98. The summed E-state index contributed by atoms with van der Waals surface area (Å²) in [7, 11) is 0. The van der Waals surface area contributed by atoms with E-state index in [2.05, 4.69) is 15.3 Å². The second-order valence-electron chi connectivity index (χ2n) is 4.31. The molecule has 1 heterocycles. The van der Waals surface area contributed by atoms with Crippen molar-refractivity contribution in [2.45, 2.75) is 32.6 Å². The van der Waals surface area contributed by atoms with Crippen LogP contribution in [0.15, 0.2) is 6.20 Å². The first-order valence-corrected chi connectivity index (χ1v) is 6.56. The van der Waals surface area contributed by atoms with Gasteiger partial charge in [-0.15, -0.1) is 0 Å². The molecule has 1 aliphatic rings. The Balaban J connectivity index is 1.86. The van der Waals surface area contributed by atoms with Crippen LogP contribution < -0.4 is 10.1 Å². The van der Waals surface area contributed by atoms with Gasteiger partial charge in [-0.25, -0.2) is 4.98 Å². The molecular formula is C12H18ClN3O. The van der Waals surface area contributed by atoms with Crippen molar-refractivity contribution >= 4 is 17.5 Å². The highest BCUT2D eigenvalue weighted by atomic mass is 35.5. The quantitative estimate of drug-likeness (QED) is 0.848. The average molecular weight is 256 g/mol. The summed E-state index contributed by atoms with van der Waals surface area (Å²) in [5.74, 6) is 1.89. The van der Waals surface area contributed by atoms with Crippen LogP contribution >= 0.6 is 11.6 Å². The van der Waals surface area contributed by atoms with Crippen molar-refractivity contribution in [2.75, 3.05) is 18.5 Å². The van der Waals surface area contributed by atoms with Crippen LogP contribution in [0.1, 0.15) is 32.6 Å². The lowest BCUT2D eigenvalue weighted by atomic mass is 9.83. The number of rotatable bonds is 6. The topological polar surface area (TPSA) is 47.0 Å². The van der Waals surface area contributed by atoms with Crippen molar-refractivity contribution in [1.29, 1.82) is 0 Å². The van der Waals surface area contributed by atoms with E-state index in [1.54, 1.807) is 6.20 Å². The fourth-order valence-corrected chi connectivity index (χ4v) is 1.95. The minimum atomic E-state index is 0.472. The first-order chi connectivity index (χ1) is 8.29. The molecule has 0 spiro atoms. The third kappa shape index (κ3) is 3.46. The molecule has 0 aromatic carbocycles. The van der Waals surface area contributed by atoms with E-state index >= 15 is 0 Å². The van der Waals surface area contributed by atoms with Crippen LogP contribution in [-0.2, 0) is 0 Å². The van der Waals surface area contributed by atoms with E-state index in [-0.39, 0.29) is 0 Å². The smallest absolute Gasteiger partial charge is 0.237 e. The van der Waals surface area contributed by atoms with Crippen LogP contribution in [0.2, 0.25) is 5.02 Å². The Morgan fingerprint density at radius 1 is 1.53 bits per heavy atom. The Hall–Kier alpha value is -1.03. The summed E-state index contributed by atoms with van der Waals surface area (Å²) in [5.41, 5.74) is 0. The third-order valence-corrected chi connectivity index (χ3v) is 3.30. The molecule has 5 heteroatoms. The van der Waals surface area contributed by atoms with Crippen molar-refractivity contribution in [3.8, 4) is 5.88 Å². The summed E-state index contributed by atoms with van der Waals surface area (Å²) in [6.45, 7) is 3.46. The monoisotopic (exact) mass is 255 g/mol. The molecule has 0 radical (unpaired) electrons. The molecule has 1 aromatic rings. The number of nitrogens with zero attached hydrogens (tertiary/aromatic N) is 2. The summed E-state index contributed by atoms with van der Waals surface area (Å²) in [5, 5.41) is 3.51. The van der Waals surface area contributed by atoms with E-state index in [0.29, 0.717) is 23.5 Å². The van der Waals surface area contributed by atoms with Gasteiger partial charge in [-0.3, -0.25) is 0 Å². The van der Waals surface area contributed by atoms with Crippen molar-refractivity contribution in [2.24, 2.45) is 5.92 Å². The lowest BCUT2D eigenvalue weighted by molar-refractivity contribution is 0.217. The highest BCUT2D eigenvalue weighted by molar-refractivity contribution is 6.31. The predicted molar refractivity (Wildman–Crippen MR) is 68.7 cm³/mol. The van der Waals surface area contributed by atoms with Gasteiger partial charge in [0.25, 0.3) is 0 Å². The van der Waals surface area contributed by atoms with Gasteiger partial charge in [0.05, 0.1) is 12.8 Å². The van der Waals surface area contributed by atoms with Gasteiger partial charge in [-0.05, 0) is 19.3 Å². The molecule has 0 saturated heterocycles. The number of anilines is 1. The number of hydrogen-bond donors (Lipinski definition) is 1. The van der Waals surface area contributed by atoms with Crippen molar-refractivity contribution in [3.63, 3.8) is 0 Å². The molecule has 1 aliphatic carbocycles. The minimum absolute atomic E-state index is 0.472. The van der Waals surface area contributed by atoms with Gasteiger partial charge in [-0.1, -0.05) is 30.9 Å². The maximum Gasteiger partial charge on any atom is 0.237 e. The van der Waals surface area contributed by atoms with Crippen LogP contribution in [0, 0.1) is 5.92 Å². The number of aromatic nitrogens is 2. The van der Waals surface area contributed by atoms with Gasteiger partial charge < -0.3 is 10.1 Å². The van der Waals surface area contributed by atoms with E-state index in [4.69, 9.17) is 16.3 Å². The standard InChI is InChI=1S/C12H18ClN3O/c1-2-14-12-15-8-10(13)11(16-12)17-7-6-9-4-3-5-9/h8-9H,2-7H2,1H3,(H,14,15,16). The van der Waals surface area contributed by atoms with Gasteiger partial charge in [0.2, 0.25) is 11.8 Å². The summed E-state index contributed by atoms with van der Waals surface area (Å²) in [6.07, 6.45) is 6.71. The zero-order valence-corrected chi connectivity index (χ0v) is 10.8. The lowest BCUT2D eigenvalue weighted by Gasteiger charge is -2.24. The molecule has 17 heavy (non-hydrogen) atoms. The molecule has 4 nitrogen and oxygen atoms in total. The van der Waals surface area contributed by atoms with Gasteiger partial charge in [0.15, 0.2) is 0 Å². The summed E-state index contributed by atoms with van der Waals surface area (Å²) in [4.78, 5) is 8.29. The highest BCUT2D eigenvalue weighted by Gasteiger charge is 2.17. The van der Waals surface area contributed by atoms with Crippen LogP contribution in [0.4, 0.5) is 5.95 Å². The number of ether oxygens (including phenoxy) is 1. The molecule has 1 aromatic heterocycles. The maximum atomic E-state index is 5.98. The molecule has 94 valence electrons. The molecule has 0 atom stereocenters. The second kappa shape index (κ2) is 6.05. The van der Waals surface area contributed by atoms with E-state index < -0.39 is 0 Å². The molecule has 0 bridgehead atoms. The van der Waals surface area contributed by atoms with E-state index in [1.165, 1.54) is 19.3 Å². The van der Waals surface area contributed by atoms with Crippen molar-refractivity contribution in [3.05, 3.63) is 11.2 Å². The zero-order valence-electron chi connectivity index (χ0n) is 10.1. The molecular weight excluding hydrogens is 238 g/mol. The van der Waals surface area contributed by atoms with Crippen LogP contribution in [-0.4, -0.2) is 23.1 Å². The predicted octanol–water partition coefficient (Wildman–Crippen LogP) is 3.13. The Morgan fingerprint density at radius 3 is 3.00 bits per heavy atom. The Bertz CT molecular complexity index is 369. The molecule has 1 saturated carbocycles. The first-order valence-electron chi connectivity index (χ1n) is 6.18. The van der Waals surface area contributed by atoms with Crippen LogP contribution in [0.5, 0.6) is 5.88 Å². The second-order valence-corrected chi connectivity index (χ2v) is 4.72. The lowest BCUT2D eigenvalue weighted by Crippen LogP contribution is -2.15. The number of halogens is 1. The molecule has 0 aliphatic heterocycles. The van der Waals surface area contributed by atoms with Gasteiger partial charge in [0.1, 0.15) is 5.02 Å². The van der Waals surface area contributed by atoms with Gasteiger partial charge in [-0.2, -0.15) is 4.98 Å². The van der Waals surface area contributed by atoms with Crippen molar-refractivity contribution < 1.29 is 4.74 Å². The van der Waals surface area contributed by atoms with Crippen LogP contribution in [0.25, 0.3) is 0 Å². The fourth-order valence-electron chi connectivity index (χ4n) is 1.80. The Kier molecular flexibility index (Phi) is 4.42. The van der Waals surface area contributed by atoms with Crippen molar-refractivity contribution in [1.82, 2.24) is 9.97 Å². The van der Waals surface area contributed by atoms with Gasteiger partial charge >= 0.3 is 0 Å². The molecule has 0 amide bonds. The average Bonchev–Trinajstić information content (AvgIpc) is 2.26. The van der Waals surface area contributed by atoms with Crippen LogP contribution in [0.3, 0.4) is 0 Å². The Labute approximate surface area is 107 Å². The first kappa shape index (κ1) is 12.4. The normalized spacial score (nSPS) is 15.4. The minimum Gasteiger partial charge on any atom is -0.476 e. The molecule has 2 rings (SSSR count). The summed E-state index contributed by atoms with van der Waals surface area (Å²) in [6, 6.07) is 0. The fraction of sp³-hybridized carbons (Fsp3) is 0.667. The summed E-state index contributed by atoms with van der Waals surface area (Å²) < 4.78 is 5.61. The zero-order chi connectivity index (χ0) is 12.1. The van der Waals surface area contributed by atoms with Gasteiger partial charge in [0, 0.05) is 6.54 Å². The Morgan fingerprint density at radius 2 is 2.35 bits per heavy atom.